The molecule has 19 heavy (non-hydrogen) atoms. The van der Waals surface area contributed by atoms with Crippen molar-refractivity contribution in [1.29, 1.82) is 0 Å². The number of para-hydroxylation sites is 2. The van der Waals surface area contributed by atoms with Crippen LogP contribution in [0.15, 0.2) is 60.7 Å². The zero-order valence-electron chi connectivity index (χ0n) is 11.2. The van der Waals surface area contributed by atoms with Gasteiger partial charge >= 0.3 is 0 Å². The fraction of sp³-hybridized carbons (Fsp3) is 0.250. The maximum Gasteiger partial charge on any atom is 0.0884 e. The zero-order valence-corrected chi connectivity index (χ0v) is 11.2. The van der Waals surface area contributed by atoms with Crippen molar-refractivity contribution in [2.24, 2.45) is 0 Å². The highest BCUT2D eigenvalue weighted by Gasteiger charge is 2.21. The first-order chi connectivity index (χ1) is 9.34. The number of nitrogens with zero attached hydrogens (tertiary/aromatic N) is 3. The van der Waals surface area contributed by atoms with Crippen molar-refractivity contribution in [1.82, 2.24) is 5.01 Å². The standard InChI is InChI=1S/C16H19N3/c1-17-14-18(15-8-4-2-5-9-15)12-13-19(17)16-10-6-3-7-11-16/h2-11H,12-14H2,1H3. The van der Waals surface area contributed by atoms with E-state index in [1.807, 2.05) is 0 Å². The van der Waals surface area contributed by atoms with E-state index >= 15 is 0 Å². The van der Waals surface area contributed by atoms with Crippen LogP contribution >= 0.6 is 0 Å². The normalized spacial score (nSPS) is 16.7. The second-order valence-corrected chi connectivity index (χ2v) is 4.86. The maximum absolute atomic E-state index is 2.40. The topological polar surface area (TPSA) is 9.72 Å². The molecule has 98 valence electrons. The number of anilines is 2. The van der Waals surface area contributed by atoms with E-state index < -0.39 is 0 Å². The van der Waals surface area contributed by atoms with Gasteiger partial charge in [-0.15, -0.1) is 0 Å². The first kappa shape index (κ1) is 12.1. The lowest BCUT2D eigenvalue weighted by Gasteiger charge is -2.44. The predicted molar refractivity (Wildman–Crippen MR) is 80.2 cm³/mol. The number of benzene rings is 2. The van der Waals surface area contributed by atoms with Gasteiger partial charge in [0.05, 0.1) is 18.9 Å². The lowest BCUT2D eigenvalue weighted by atomic mass is 10.2. The van der Waals surface area contributed by atoms with E-state index in [9.17, 15) is 0 Å². The van der Waals surface area contributed by atoms with Gasteiger partial charge in [-0.05, 0) is 24.3 Å². The summed E-state index contributed by atoms with van der Waals surface area (Å²) >= 11 is 0. The Balaban J connectivity index is 1.73. The fourth-order valence-electron chi connectivity index (χ4n) is 2.56. The number of hydrazine groups is 1. The maximum atomic E-state index is 2.40. The zero-order chi connectivity index (χ0) is 13.1. The molecule has 0 amide bonds. The van der Waals surface area contributed by atoms with Crippen molar-refractivity contribution < 1.29 is 0 Å². The minimum atomic E-state index is 0.916. The molecule has 3 heteroatoms. The van der Waals surface area contributed by atoms with Crippen LogP contribution < -0.4 is 9.91 Å². The highest BCUT2D eigenvalue weighted by atomic mass is 15.7. The Morgan fingerprint density at radius 2 is 1.32 bits per heavy atom. The summed E-state index contributed by atoms with van der Waals surface area (Å²) in [5.74, 6) is 0. The third-order valence-corrected chi connectivity index (χ3v) is 3.54. The molecular weight excluding hydrogens is 234 g/mol. The SMILES string of the molecule is CN1CN(c2ccccc2)CCN1c1ccccc1. The lowest BCUT2D eigenvalue weighted by molar-refractivity contribution is 0.272. The second kappa shape index (κ2) is 5.33. The Morgan fingerprint density at radius 1 is 0.737 bits per heavy atom. The monoisotopic (exact) mass is 253 g/mol. The average Bonchev–Trinajstić information content (AvgIpc) is 2.49. The molecule has 0 aromatic heterocycles. The van der Waals surface area contributed by atoms with Crippen LogP contribution in [0.5, 0.6) is 0 Å². The summed E-state index contributed by atoms with van der Waals surface area (Å²) in [6.07, 6.45) is 0. The fourth-order valence-corrected chi connectivity index (χ4v) is 2.56. The summed E-state index contributed by atoms with van der Waals surface area (Å²) in [7, 11) is 2.14. The first-order valence-electron chi connectivity index (χ1n) is 6.68. The van der Waals surface area contributed by atoms with E-state index in [4.69, 9.17) is 0 Å². The van der Waals surface area contributed by atoms with Crippen LogP contribution in [0, 0.1) is 0 Å². The van der Waals surface area contributed by atoms with Gasteiger partial charge < -0.3 is 9.91 Å². The first-order valence-corrected chi connectivity index (χ1v) is 6.68. The van der Waals surface area contributed by atoms with E-state index in [0.29, 0.717) is 0 Å². The smallest absolute Gasteiger partial charge is 0.0884 e. The van der Waals surface area contributed by atoms with Gasteiger partial charge in [0.2, 0.25) is 0 Å². The molecule has 0 atom stereocenters. The number of rotatable bonds is 2. The Labute approximate surface area is 114 Å². The largest absolute Gasteiger partial charge is 0.355 e. The Morgan fingerprint density at radius 3 is 1.89 bits per heavy atom. The highest BCUT2D eigenvalue weighted by molar-refractivity contribution is 5.50. The van der Waals surface area contributed by atoms with E-state index in [-0.39, 0.29) is 0 Å². The van der Waals surface area contributed by atoms with Gasteiger partial charge in [-0.1, -0.05) is 36.4 Å². The van der Waals surface area contributed by atoms with Crippen molar-refractivity contribution in [3.05, 3.63) is 60.7 Å². The molecular formula is C16H19N3. The molecule has 3 rings (SSSR count). The van der Waals surface area contributed by atoms with Gasteiger partial charge in [0.15, 0.2) is 0 Å². The molecule has 1 aliphatic rings. The molecule has 2 aromatic rings. The van der Waals surface area contributed by atoms with E-state index in [1.54, 1.807) is 0 Å². The van der Waals surface area contributed by atoms with Gasteiger partial charge in [0.25, 0.3) is 0 Å². The Hall–Kier alpha value is -2.00. The molecule has 1 heterocycles. The van der Waals surface area contributed by atoms with Gasteiger partial charge in [-0.3, -0.25) is 0 Å². The van der Waals surface area contributed by atoms with Crippen molar-refractivity contribution in [3.63, 3.8) is 0 Å². The molecule has 1 fully saturated rings. The van der Waals surface area contributed by atoms with E-state index in [1.165, 1.54) is 11.4 Å². The van der Waals surface area contributed by atoms with Crippen LogP contribution in [-0.4, -0.2) is 31.8 Å². The van der Waals surface area contributed by atoms with Gasteiger partial charge in [-0.2, -0.15) is 0 Å². The van der Waals surface area contributed by atoms with Gasteiger partial charge in [-0.25, -0.2) is 5.01 Å². The minimum Gasteiger partial charge on any atom is -0.355 e. The lowest BCUT2D eigenvalue weighted by Crippen LogP contribution is -2.55. The molecule has 3 nitrogen and oxygen atoms in total. The van der Waals surface area contributed by atoms with E-state index in [2.05, 4.69) is 82.6 Å². The minimum absolute atomic E-state index is 0.916. The molecule has 0 bridgehead atoms. The Kier molecular flexibility index (Phi) is 3.38. The molecule has 0 spiro atoms. The van der Waals surface area contributed by atoms with Crippen LogP contribution in [0.25, 0.3) is 0 Å². The van der Waals surface area contributed by atoms with Crippen molar-refractivity contribution in [2.75, 3.05) is 36.7 Å². The summed E-state index contributed by atoms with van der Waals surface area (Å²) in [5, 5.41) is 4.60. The van der Waals surface area contributed by atoms with E-state index in [0.717, 1.165) is 19.8 Å². The predicted octanol–water partition coefficient (Wildman–Crippen LogP) is 2.82. The summed E-state index contributed by atoms with van der Waals surface area (Å²) in [5.41, 5.74) is 2.56. The number of hydrogen-bond acceptors (Lipinski definition) is 3. The highest BCUT2D eigenvalue weighted by Crippen LogP contribution is 2.21. The summed E-state index contributed by atoms with van der Waals surface area (Å²) in [6.45, 7) is 2.97. The number of hydrogen-bond donors (Lipinski definition) is 0. The average molecular weight is 253 g/mol. The molecule has 1 aliphatic heterocycles. The molecule has 0 aliphatic carbocycles. The molecule has 0 saturated carbocycles. The molecule has 0 N–H and O–H groups in total. The van der Waals surface area contributed by atoms with Crippen LogP contribution in [0.4, 0.5) is 11.4 Å². The second-order valence-electron chi connectivity index (χ2n) is 4.86. The molecule has 2 aromatic carbocycles. The third-order valence-electron chi connectivity index (χ3n) is 3.54. The van der Waals surface area contributed by atoms with Crippen molar-refractivity contribution in [2.45, 2.75) is 0 Å². The van der Waals surface area contributed by atoms with Crippen LogP contribution in [0.3, 0.4) is 0 Å². The van der Waals surface area contributed by atoms with Crippen molar-refractivity contribution in [3.8, 4) is 0 Å². The van der Waals surface area contributed by atoms with Crippen LogP contribution in [0.2, 0.25) is 0 Å². The molecule has 0 radical (unpaired) electrons. The molecule has 0 unspecified atom stereocenters. The van der Waals surface area contributed by atoms with Crippen LogP contribution in [0.1, 0.15) is 0 Å². The Bertz CT molecular complexity index is 512. The van der Waals surface area contributed by atoms with Gasteiger partial charge in [0.1, 0.15) is 0 Å². The molecule has 1 saturated heterocycles. The van der Waals surface area contributed by atoms with Gasteiger partial charge in [0, 0.05) is 19.3 Å². The quantitative estimate of drug-likeness (QED) is 0.815. The van der Waals surface area contributed by atoms with Crippen LogP contribution in [-0.2, 0) is 0 Å². The van der Waals surface area contributed by atoms with Crippen molar-refractivity contribution >= 4 is 11.4 Å². The third kappa shape index (κ3) is 2.56. The summed E-state index contributed by atoms with van der Waals surface area (Å²) < 4.78 is 0. The summed E-state index contributed by atoms with van der Waals surface area (Å²) in [6, 6.07) is 21.2. The summed E-state index contributed by atoms with van der Waals surface area (Å²) in [4.78, 5) is 2.40.